The Kier molecular flexibility index (Phi) is 6.10. The highest BCUT2D eigenvalue weighted by Crippen LogP contribution is 2.25. The van der Waals surface area contributed by atoms with Crippen LogP contribution < -0.4 is 0 Å². The second-order valence-electron chi connectivity index (χ2n) is 4.17. The predicted molar refractivity (Wildman–Crippen MR) is 81.3 cm³/mol. The van der Waals surface area contributed by atoms with E-state index in [1.165, 1.54) is 33.1 Å². The Hall–Kier alpha value is -2.15. The molecular weight excluding hydrogens is 294 g/mol. The molecule has 0 radical (unpaired) electrons. The molecule has 0 amide bonds. The van der Waals surface area contributed by atoms with Gasteiger partial charge in [-0.2, -0.15) is 0 Å². The molecule has 7 heteroatoms. The highest BCUT2D eigenvalue weighted by atomic mass is 32.2. The van der Waals surface area contributed by atoms with Crippen molar-refractivity contribution in [3.63, 3.8) is 0 Å². The topological polar surface area (TPSA) is 86.5 Å². The molecule has 0 aliphatic carbocycles. The quantitative estimate of drug-likeness (QED) is 0.472. The zero-order valence-electron chi connectivity index (χ0n) is 11.9. The molecule has 0 unspecified atom stereocenters. The zero-order valence-corrected chi connectivity index (χ0v) is 12.7. The number of nitro groups is 1. The molecule has 0 N–H and O–H groups in total. The summed E-state index contributed by atoms with van der Waals surface area (Å²) in [6.45, 7) is 2.97. The van der Waals surface area contributed by atoms with E-state index in [4.69, 9.17) is 0 Å². The van der Waals surface area contributed by atoms with Gasteiger partial charge in [-0.25, -0.2) is 4.79 Å². The van der Waals surface area contributed by atoms with E-state index in [0.717, 1.165) is 11.8 Å². The molecule has 21 heavy (non-hydrogen) atoms. The van der Waals surface area contributed by atoms with Crippen molar-refractivity contribution in [2.75, 3.05) is 12.9 Å². The van der Waals surface area contributed by atoms with Crippen LogP contribution in [0.15, 0.2) is 18.2 Å². The number of hydrogen-bond donors (Lipinski definition) is 0. The standard InChI is InChI=1S/C14H15NO5S/c1-9-12(14(17)20-3)7-11(8-13(9)15(18)19)5-4-6-21-10(2)16/h4-5,7-8H,6H2,1-3H3. The molecule has 1 aromatic carbocycles. The highest BCUT2D eigenvalue weighted by Gasteiger charge is 2.20. The summed E-state index contributed by atoms with van der Waals surface area (Å²) in [5.74, 6) is -0.158. The minimum atomic E-state index is -0.621. The number of hydrogen-bond acceptors (Lipinski definition) is 6. The van der Waals surface area contributed by atoms with Crippen LogP contribution >= 0.6 is 11.8 Å². The van der Waals surface area contributed by atoms with Crippen molar-refractivity contribution >= 4 is 34.6 Å². The molecule has 0 spiro atoms. The molecule has 0 aliphatic rings. The summed E-state index contributed by atoms with van der Waals surface area (Å²) in [7, 11) is 1.22. The third-order valence-corrected chi connectivity index (χ3v) is 3.46. The normalized spacial score (nSPS) is 10.6. The summed E-state index contributed by atoms with van der Waals surface area (Å²) < 4.78 is 4.63. The first-order valence-electron chi connectivity index (χ1n) is 6.04. The van der Waals surface area contributed by atoms with Crippen molar-refractivity contribution in [2.24, 2.45) is 0 Å². The number of carbonyl (C=O) groups excluding carboxylic acids is 2. The SMILES string of the molecule is COC(=O)c1cc(C=CCSC(C)=O)cc([N+](=O)[O-])c1C. The van der Waals surface area contributed by atoms with Gasteiger partial charge in [0.05, 0.1) is 17.6 Å². The van der Waals surface area contributed by atoms with Crippen LogP contribution in [0, 0.1) is 17.0 Å². The second-order valence-corrected chi connectivity index (χ2v) is 5.36. The Bertz CT molecular complexity index is 610. The van der Waals surface area contributed by atoms with Gasteiger partial charge >= 0.3 is 5.97 Å². The highest BCUT2D eigenvalue weighted by molar-refractivity contribution is 8.13. The Morgan fingerprint density at radius 2 is 2.10 bits per heavy atom. The van der Waals surface area contributed by atoms with Crippen LogP contribution in [0.5, 0.6) is 0 Å². The van der Waals surface area contributed by atoms with Crippen molar-refractivity contribution in [1.82, 2.24) is 0 Å². The molecule has 0 fully saturated rings. The average molecular weight is 309 g/mol. The summed E-state index contributed by atoms with van der Waals surface area (Å²) in [6.07, 6.45) is 3.34. The Morgan fingerprint density at radius 3 is 2.62 bits per heavy atom. The van der Waals surface area contributed by atoms with Gasteiger partial charge in [-0.1, -0.05) is 23.9 Å². The number of esters is 1. The fraction of sp³-hybridized carbons (Fsp3) is 0.286. The van der Waals surface area contributed by atoms with Gasteiger partial charge in [-0.05, 0) is 18.6 Å². The summed E-state index contributed by atoms with van der Waals surface area (Å²) in [5, 5.41) is 11.0. The van der Waals surface area contributed by atoms with Crippen LogP contribution in [0.4, 0.5) is 5.69 Å². The number of ether oxygens (including phenoxy) is 1. The third kappa shape index (κ3) is 4.71. The smallest absolute Gasteiger partial charge is 0.338 e. The minimum absolute atomic E-state index is 0.00946. The lowest BCUT2D eigenvalue weighted by Gasteiger charge is -2.06. The van der Waals surface area contributed by atoms with Crippen LogP contribution in [0.2, 0.25) is 0 Å². The van der Waals surface area contributed by atoms with E-state index in [1.807, 2.05) is 0 Å². The van der Waals surface area contributed by atoms with Gasteiger partial charge in [0.25, 0.3) is 5.69 Å². The number of carbonyl (C=O) groups is 2. The lowest BCUT2D eigenvalue weighted by Crippen LogP contribution is -2.06. The van der Waals surface area contributed by atoms with Crippen molar-refractivity contribution in [3.05, 3.63) is 45.0 Å². The van der Waals surface area contributed by atoms with Gasteiger partial charge in [-0.3, -0.25) is 14.9 Å². The third-order valence-electron chi connectivity index (χ3n) is 2.70. The lowest BCUT2D eigenvalue weighted by atomic mass is 10.0. The molecular formula is C14H15NO5S. The summed E-state index contributed by atoms with van der Waals surface area (Å²) in [6, 6.07) is 2.92. The van der Waals surface area contributed by atoms with Gasteiger partial charge in [0.1, 0.15) is 0 Å². The van der Waals surface area contributed by atoms with E-state index in [-0.39, 0.29) is 21.9 Å². The summed E-state index contributed by atoms with van der Waals surface area (Å²) in [4.78, 5) is 33.0. The molecule has 0 aliphatic heterocycles. The van der Waals surface area contributed by atoms with Crippen molar-refractivity contribution < 1.29 is 19.2 Å². The molecule has 0 atom stereocenters. The van der Waals surface area contributed by atoms with E-state index >= 15 is 0 Å². The van der Waals surface area contributed by atoms with E-state index in [2.05, 4.69) is 4.74 Å². The van der Waals surface area contributed by atoms with Gasteiger partial charge in [0, 0.05) is 24.3 Å². The van der Waals surface area contributed by atoms with Crippen molar-refractivity contribution in [1.29, 1.82) is 0 Å². The molecule has 1 aromatic rings. The Balaban J connectivity index is 3.15. The zero-order chi connectivity index (χ0) is 16.0. The fourth-order valence-corrected chi connectivity index (χ4v) is 2.11. The first-order chi connectivity index (χ1) is 9.86. The van der Waals surface area contributed by atoms with Gasteiger partial charge in [-0.15, -0.1) is 0 Å². The maximum atomic E-state index is 11.7. The molecule has 0 bridgehead atoms. The lowest BCUT2D eigenvalue weighted by molar-refractivity contribution is -0.385. The Morgan fingerprint density at radius 1 is 1.43 bits per heavy atom. The fourth-order valence-electron chi connectivity index (χ4n) is 1.68. The van der Waals surface area contributed by atoms with Crippen LogP contribution in [-0.2, 0) is 9.53 Å². The second kappa shape index (κ2) is 7.58. The van der Waals surface area contributed by atoms with Gasteiger partial charge < -0.3 is 4.74 Å². The monoisotopic (exact) mass is 309 g/mol. The predicted octanol–water partition coefficient (Wildman–Crippen LogP) is 2.98. The van der Waals surface area contributed by atoms with Crippen LogP contribution in [0.1, 0.15) is 28.4 Å². The largest absolute Gasteiger partial charge is 0.465 e. The van der Waals surface area contributed by atoms with Crippen LogP contribution in [-0.4, -0.2) is 28.9 Å². The summed E-state index contributed by atoms with van der Waals surface area (Å²) >= 11 is 1.13. The number of benzene rings is 1. The van der Waals surface area contributed by atoms with Crippen LogP contribution in [0.3, 0.4) is 0 Å². The first-order valence-corrected chi connectivity index (χ1v) is 7.02. The first kappa shape index (κ1) is 16.9. The van der Waals surface area contributed by atoms with E-state index in [1.54, 1.807) is 12.2 Å². The number of thioether (sulfide) groups is 1. The average Bonchev–Trinajstić information content (AvgIpc) is 2.43. The molecule has 0 aromatic heterocycles. The number of rotatable bonds is 5. The molecule has 0 saturated carbocycles. The maximum absolute atomic E-state index is 11.7. The van der Waals surface area contributed by atoms with Gasteiger partial charge in [0.2, 0.25) is 0 Å². The number of methoxy groups -OCH3 is 1. The number of nitro benzene ring substituents is 1. The molecule has 6 nitrogen and oxygen atoms in total. The van der Waals surface area contributed by atoms with Crippen molar-refractivity contribution in [3.8, 4) is 0 Å². The molecule has 0 heterocycles. The minimum Gasteiger partial charge on any atom is -0.465 e. The molecule has 1 rings (SSSR count). The van der Waals surface area contributed by atoms with Crippen LogP contribution in [0.25, 0.3) is 6.08 Å². The maximum Gasteiger partial charge on any atom is 0.338 e. The van der Waals surface area contributed by atoms with E-state index in [9.17, 15) is 19.7 Å². The Labute approximate surface area is 126 Å². The number of nitrogens with zero attached hydrogens (tertiary/aromatic N) is 1. The van der Waals surface area contributed by atoms with Crippen molar-refractivity contribution in [2.45, 2.75) is 13.8 Å². The molecule has 112 valence electrons. The van der Waals surface area contributed by atoms with Gasteiger partial charge in [0.15, 0.2) is 5.12 Å². The summed E-state index contributed by atoms with van der Waals surface area (Å²) in [5.41, 5.74) is 0.793. The van der Waals surface area contributed by atoms with E-state index < -0.39 is 10.9 Å². The molecule has 0 saturated heterocycles. The van der Waals surface area contributed by atoms with E-state index in [0.29, 0.717) is 11.3 Å².